The Balaban J connectivity index is 1.79. The molecule has 0 radical (unpaired) electrons. The third kappa shape index (κ3) is 3.11. The summed E-state index contributed by atoms with van der Waals surface area (Å²) in [5.41, 5.74) is 2.10. The van der Waals surface area contributed by atoms with Crippen LogP contribution in [0.4, 0.5) is 5.82 Å². The molecule has 0 bridgehead atoms. The van der Waals surface area contributed by atoms with E-state index in [1.807, 2.05) is 49.4 Å². The molecule has 21 heavy (non-hydrogen) atoms. The summed E-state index contributed by atoms with van der Waals surface area (Å²) in [6.45, 7) is 3.35. The molecular weight excluding hydrogens is 262 g/mol. The van der Waals surface area contributed by atoms with Crippen LogP contribution >= 0.6 is 0 Å². The maximum Gasteiger partial charge on any atom is 0.137 e. The summed E-state index contributed by atoms with van der Waals surface area (Å²) in [4.78, 5) is 8.59. The van der Waals surface area contributed by atoms with Crippen LogP contribution in [0.5, 0.6) is 5.75 Å². The summed E-state index contributed by atoms with van der Waals surface area (Å²) < 4.78 is 5.52. The van der Waals surface area contributed by atoms with Gasteiger partial charge in [0, 0.05) is 11.9 Å². The number of nitrogens with zero attached hydrogens (tertiary/aromatic N) is 2. The molecule has 2 aromatic carbocycles. The lowest BCUT2D eigenvalue weighted by Crippen LogP contribution is -2.03. The van der Waals surface area contributed by atoms with Crippen molar-refractivity contribution in [1.82, 2.24) is 9.97 Å². The van der Waals surface area contributed by atoms with Gasteiger partial charge in [0.2, 0.25) is 0 Å². The first-order valence-corrected chi connectivity index (χ1v) is 7.02. The maximum absolute atomic E-state index is 5.52. The lowest BCUT2D eigenvalue weighted by Gasteiger charge is -2.09. The van der Waals surface area contributed by atoms with Crippen molar-refractivity contribution in [2.75, 3.05) is 11.9 Å². The molecule has 4 heteroatoms. The summed E-state index contributed by atoms with van der Waals surface area (Å²) in [7, 11) is 0. The molecule has 3 aromatic rings. The van der Waals surface area contributed by atoms with Gasteiger partial charge in [0.15, 0.2) is 0 Å². The number of aromatic nitrogens is 2. The van der Waals surface area contributed by atoms with Gasteiger partial charge >= 0.3 is 0 Å². The van der Waals surface area contributed by atoms with Crippen LogP contribution in [0, 0.1) is 0 Å². The number of hydrogen-bond acceptors (Lipinski definition) is 4. The highest BCUT2D eigenvalue weighted by Gasteiger charge is 2.03. The fraction of sp³-hybridized carbons (Fsp3) is 0.176. The predicted molar refractivity (Wildman–Crippen MR) is 84.5 cm³/mol. The lowest BCUT2D eigenvalue weighted by atomic mass is 10.2. The standard InChI is InChI=1S/C17H17N3O/c1-2-21-14-7-5-6-13(10-14)11-18-17-15-8-3-4-9-16(15)19-12-20-17/h3-10,12H,2,11H2,1H3,(H,18,19,20). The molecule has 0 aliphatic rings. The molecule has 106 valence electrons. The van der Waals surface area contributed by atoms with E-state index in [1.165, 1.54) is 0 Å². The van der Waals surface area contributed by atoms with E-state index in [0.29, 0.717) is 13.2 Å². The van der Waals surface area contributed by atoms with Gasteiger partial charge in [-0.05, 0) is 36.8 Å². The number of benzene rings is 2. The number of fused-ring (bicyclic) bond motifs is 1. The van der Waals surface area contributed by atoms with Crippen LogP contribution in [0.2, 0.25) is 0 Å². The van der Waals surface area contributed by atoms with Crippen LogP contribution in [-0.2, 0) is 6.54 Å². The molecule has 1 heterocycles. The molecule has 4 nitrogen and oxygen atoms in total. The second-order valence-electron chi connectivity index (χ2n) is 4.67. The van der Waals surface area contributed by atoms with Gasteiger partial charge in [0.1, 0.15) is 17.9 Å². The minimum atomic E-state index is 0.674. The van der Waals surface area contributed by atoms with Gasteiger partial charge in [0.05, 0.1) is 12.1 Å². The van der Waals surface area contributed by atoms with Crippen molar-refractivity contribution >= 4 is 16.7 Å². The minimum Gasteiger partial charge on any atom is -0.494 e. The first kappa shape index (κ1) is 13.4. The zero-order valence-corrected chi connectivity index (χ0v) is 11.9. The smallest absolute Gasteiger partial charge is 0.137 e. The van der Waals surface area contributed by atoms with E-state index in [9.17, 15) is 0 Å². The number of nitrogens with one attached hydrogen (secondary N) is 1. The molecule has 1 N–H and O–H groups in total. The molecule has 0 atom stereocenters. The van der Waals surface area contributed by atoms with E-state index in [0.717, 1.165) is 28.0 Å². The maximum atomic E-state index is 5.52. The summed E-state index contributed by atoms with van der Waals surface area (Å²) in [5.74, 6) is 1.74. The van der Waals surface area contributed by atoms with Crippen molar-refractivity contribution in [1.29, 1.82) is 0 Å². The molecule has 0 spiro atoms. The quantitative estimate of drug-likeness (QED) is 0.774. The summed E-state index contributed by atoms with van der Waals surface area (Å²) in [5, 5.41) is 4.40. The molecule has 0 aliphatic heterocycles. The normalized spacial score (nSPS) is 10.5. The minimum absolute atomic E-state index is 0.674. The van der Waals surface area contributed by atoms with Crippen molar-refractivity contribution in [3.05, 3.63) is 60.4 Å². The van der Waals surface area contributed by atoms with Crippen molar-refractivity contribution in [3.8, 4) is 5.75 Å². The number of hydrogen-bond donors (Lipinski definition) is 1. The highest BCUT2D eigenvalue weighted by atomic mass is 16.5. The fourth-order valence-corrected chi connectivity index (χ4v) is 2.24. The number of rotatable bonds is 5. The zero-order chi connectivity index (χ0) is 14.5. The highest BCUT2D eigenvalue weighted by molar-refractivity contribution is 5.88. The number of anilines is 1. The van der Waals surface area contributed by atoms with Gasteiger partial charge in [-0.3, -0.25) is 0 Å². The molecule has 1 aromatic heterocycles. The van der Waals surface area contributed by atoms with Crippen LogP contribution < -0.4 is 10.1 Å². The average molecular weight is 279 g/mol. The Morgan fingerprint density at radius 2 is 1.95 bits per heavy atom. The summed E-state index contributed by atoms with van der Waals surface area (Å²) in [6, 6.07) is 16.1. The molecule has 0 amide bonds. The molecule has 0 aliphatic carbocycles. The van der Waals surface area contributed by atoms with Crippen molar-refractivity contribution in [2.45, 2.75) is 13.5 Å². The van der Waals surface area contributed by atoms with E-state index in [-0.39, 0.29) is 0 Å². The number of ether oxygens (including phenoxy) is 1. The Labute approximate surface area is 123 Å². The Morgan fingerprint density at radius 1 is 1.05 bits per heavy atom. The second kappa shape index (κ2) is 6.22. The molecule has 0 fully saturated rings. The van der Waals surface area contributed by atoms with Crippen LogP contribution in [-0.4, -0.2) is 16.6 Å². The monoisotopic (exact) mass is 279 g/mol. The molecule has 0 saturated heterocycles. The lowest BCUT2D eigenvalue weighted by molar-refractivity contribution is 0.340. The fourth-order valence-electron chi connectivity index (χ4n) is 2.24. The van der Waals surface area contributed by atoms with Crippen LogP contribution in [0.1, 0.15) is 12.5 Å². The van der Waals surface area contributed by atoms with E-state index in [4.69, 9.17) is 4.74 Å². The summed E-state index contributed by atoms with van der Waals surface area (Å²) in [6.07, 6.45) is 1.58. The van der Waals surface area contributed by atoms with Gasteiger partial charge in [0.25, 0.3) is 0 Å². The molecule has 3 rings (SSSR count). The third-order valence-electron chi connectivity index (χ3n) is 3.21. The van der Waals surface area contributed by atoms with Gasteiger partial charge in [-0.15, -0.1) is 0 Å². The Bertz CT molecular complexity index is 737. The second-order valence-corrected chi connectivity index (χ2v) is 4.67. The average Bonchev–Trinajstić information content (AvgIpc) is 2.53. The van der Waals surface area contributed by atoms with Gasteiger partial charge in [-0.25, -0.2) is 9.97 Å². The van der Waals surface area contributed by atoms with Gasteiger partial charge in [-0.2, -0.15) is 0 Å². The molecule has 0 unspecified atom stereocenters. The van der Waals surface area contributed by atoms with E-state index >= 15 is 0 Å². The Morgan fingerprint density at radius 3 is 2.86 bits per heavy atom. The van der Waals surface area contributed by atoms with Gasteiger partial charge < -0.3 is 10.1 Å². The summed E-state index contributed by atoms with van der Waals surface area (Å²) >= 11 is 0. The SMILES string of the molecule is CCOc1cccc(CNc2ncnc3ccccc23)c1. The van der Waals surface area contributed by atoms with E-state index in [2.05, 4.69) is 21.4 Å². The van der Waals surface area contributed by atoms with Crippen LogP contribution in [0.3, 0.4) is 0 Å². The zero-order valence-electron chi connectivity index (χ0n) is 11.9. The van der Waals surface area contributed by atoms with Crippen molar-refractivity contribution < 1.29 is 4.74 Å². The topological polar surface area (TPSA) is 47.0 Å². The van der Waals surface area contributed by atoms with Crippen molar-refractivity contribution in [2.24, 2.45) is 0 Å². The van der Waals surface area contributed by atoms with E-state index < -0.39 is 0 Å². The molecular formula is C17H17N3O. The number of para-hydroxylation sites is 1. The molecule has 0 saturated carbocycles. The predicted octanol–water partition coefficient (Wildman–Crippen LogP) is 3.64. The first-order valence-electron chi connectivity index (χ1n) is 7.02. The van der Waals surface area contributed by atoms with E-state index in [1.54, 1.807) is 6.33 Å². The highest BCUT2D eigenvalue weighted by Crippen LogP contribution is 2.20. The van der Waals surface area contributed by atoms with Crippen molar-refractivity contribution in [3.63, 3.8) is 0 Å². The Kier molecular flexibility index (Phi) is 3.96. The van der Waals surface area contributed by atoms with Crippen LogP contribution in [0.25, 0.3) is 10.9 Å². The Hall–Kier alpha value is -2.62. The van der Waals surface area contributed by atoms with Gasteiger partial charge in [-0.1, -0.05) is 24.3 Å². The third-order valence-corrected chi connectivity index (χ3v) is 3.21. The largest absolute Gasteiger partial charge is 0.494 e. The van der Waals surface area contributed by atoms with Crippen LogP contribution in [0.15, 0.2) is 54.9 Å². The first-order chi connectivity index (χ1) is 10.4.